The molecular weight excluding hydrogens is 1030 g/mol. The fourth-order valence-electron chi connectivity index (χ4n) is 13.1. The van der Waals surface area contributed by atoms with Gasteiger partial charge < -0.3 is 9.32 Å². The highest BCUT2D eigenvalue weighted by atomic mass is 32.1. The van der Waals surface area contributed by atoms with Gasteiger partial charge in [-0.15, -0.1) is 22.7 Å². The Bertz CT molecular complexity index is 5130. The van der Waals surface area contributed by atoms with Gasteiger partial charge in [0, 0.05) is 79.2 Å². The van der Waals surface area contributed by atoms with Crippen LogP contribution in [0.25, 0.3) is 150 Å². The van der Waals surface area contributed by atoms with Crippen molar-refractivity contribution < 1.29 is 4.42 Å². The minimum atomic E-state index is 0.840. The van der Waals surface area contributed by atoms with Crippen LogP contribution in [0.2, 0.25) is 0 Å². The molecule has 0 aliphatic carbocycles. The summed E-state index contributed by atoms with van der Waals surface area (Å²) >= 11 is 3.81. The summed E-state index contributed by atoms with van der Waals surface area (Å²) in [7, 11) is 0. The molecule has 3 aromatic heterocycles. The fraction of sp³-hybridized carbons (Fsp3) is 0. The molecule has 17 rings (SSSR count). The van der Waals surface area contributed by atoms with Crippen LogP contribution in [0.4, 0.5) is 17.1 Å². The van der Waals surface area contributed by atoms with Crippen molar-refractivity contribution >= 4 is 134 Å². The Hall–Kier alpha value is -10.1. The van der Waals surface area contributed by atoms with Crippen LogP contribution in [0.15, 0.2) is 290 Å². The Morgan fingerprint density at radius 2 is 0.610 bits per heavy atom. The van der Waals surface area contributed by atoms with Gasteiger partial charge in [-0.25, -0.2) is 0 Å². The predicted octanol–water partition coefficient (Wildman–Crippen LogP) is 23.6. The molecule has 2 nitrogen and oxygen atoms in total. The lowest BCUT2D eigenvalue weighted by atomic mass is 9.95. The van der Waals surface area contributed by atoms with Crippen LogP contribution in [0, 0.1) is 0 Å². The number of furan rings is 1. The lowest BCUT2D eigenvalue weighted by Gasteiger charge is -2.26. The van der Waals surface area contributed by atoms with Crippen LogP contribution in [-0.2, 0) is 0 Å². The Balaban J connectivity index is 0.848. The van der Waals surface area contributed by atoms with Gasteiger partial charge in [-0.3, -0.25) is 0 Å². The normalized spacial score (nSPS) is 11.9. The molecule has 3 heterocycles. The topological polar surface area (TPSA) is 16.4 Å². The fourth-order valence-corrected chi connectivity index (χ4v) is 15.8. The Morgan fingerprint density at radius 1 is 0.244 bits per heavy atom. The van der Waals surface area contributed by atoms with Crippen molar-refractivity contribution in [2.45, 2.75) is 0 Å². The zero-order chi connectivity index (χ0) is 53.8. The average molecular weight is 1080 g/mol. The number of nitrogens with zero attached hydrogens (tertiary/aromatic N) is 1. The smallest absolute Gasteiger partial charge is 0.159 e. The number of fused-ring (bicyclic) bond motifs is 15. The van der Waals surface area contributed by atoms with Gasteiger partial charge in [-0.2, -0.15) is 0 Å². The van der Waals surface area contributed by atoms with Crippen LogP contribution in [0.5, 0.6) is 0 Å². The van der Waals surface area contributed by atoms with Crippen molar-refractivity contribution in [3.8, 4) is 55.6 Å². The molecule has 0 atom stereocenters. The first-order chi connectivity index (χ1) is 40.7. The summed E-state index contributed by atoms with van der Waals surface area (Å²) in [5.74, 6) is 0. The number of anilines is 3. The number of thiophene rings is 2. The van der Waals surface area contributed by atoms with E-state index in [1.165, 1.54) is 117 Å². The molecular formula is C78H47NOS2. The molecule has 0 bridgehead atoms. The first-order valence-electron chi connectivity index (χ1n) is 28.0. The summed E-state index contributed by atoms with van der Waals surface area (Å²) in [6, 6.07) is 104. The summed E-state index contributed by atoms with van der Waals surface area (Å²) in [5.41, 5.74) is 16.8. The highest BCUT2D eigenvalue weighted by Gasteiger charge is 2.25. The van der Waals surface area contributed by atoms with E-state index in [1.807, 2.05) is 22.7 Å². The van der Waals surface area contributed by atoms with E-state index in [-0.39, 0.29) is 0 Å². The predicted molar refractivity (Wildman–Crippen MR) is 354 cm³/mol. The SMILES string of the molecule is c1ccc(-c2cc3ccccc3c3c2oc2c(N(c4ccc(-c5cccc6c5sc5c(-c7ccccc7)cc7ccccc7c56)cc4)c4ccc(-c5cccc6c5sc5c(-c7ccccc7)cc7ccccc7c56)cc4)cccc23)cc1. The molecule has 4 heteroatoms. The quantitative estimate of drug-likeness (QED) is 0.151. The van der Waals surface area contributed by atoms with Crippen molar-refractivity contribution in [3.63, 3.8) is 0 Å². The van der Waals surface area contributed by atoms with Gasteiger partial charge in [0.15, 0.2) is 5.58 Å². The van der Waals surface area contributed by atoms with E-state index in [0.29, 0.717) is 0 Å². The van der Waals surface area contributed by atoms with Gasteiger partial charge in [0.1, 0.15) is 5.58 Å². The van der Waals surface area contributed by atoms with Crippen molar-refractivity contribution in [2.24, 2.45) is 0 Å². The van der Waals surface area contributed by atoms with E-state index in [0.717, 1.165) is 50.1 Å². The third-order valence-electron chi connectivity index (χ3n) is 16.8. The highest BCUT2D eigenvalue weighted by Crippen LogP contribution is 2.51. The Labute approximate surface area is 481 Å². The lowest BCUT2D eigenvalue weighted by Crippen LogP contribution is -2.10. The first kappa shape index (κ1) is 46.8. The van der Waals surface area contributed by atoms with E-state index in [9.17, 15) is 0 Å². The molecule has 0 saturated heterocycles. The van der Waals surface area contributed by atoms with Crippen molar-refractivity contribution in [1.29, 1.82) is 0 Å². The van der Waals surface area contributed by atoms with E-state index >= 15 is 0 Å². The average Bonchev–Trinajstić information content (AvgIpc) is 3.33. The van der Waals surface area contributed by atoms with Crippen molar-refractivity contribution in [3.05, 3.63) is 285 Å². The number of rotatable bonds is 8. The Morgan fingerprint density at radius 3 is 1.09 bits per heavy atom. The third-order valence-corrected chi connectivity index (χ3v) is 19.4. The maximum absolute atomic E-state index is 7.35. The molecule has 0 aliphatic heterocycles. The summed E-state index contributed by atoms with van der Waals surface area (Å²) in [5, 5.41) is 14.8. The summed E-state index contributed by atoms with van der Waals surface area (Å²) in [6.07, 6.45) is 0. The second-order valence-electron chi connectivity index (χ2n) is 21.4. The molecule has 17 aromatic rings. The number of para-hydroxylation sites is 1. The molecule has 0 saturated carbocycles. The molecule has 0 unspecified atom stereocenters. The first-order valence-corrected chi connectivity index (χ1v) is 29.6. The lowest BCUT2D eigenvalue weighted by molar-refractivity contribution is 0.670. The van der Waals surface area contributed by atoms with E-state index in [4.69, 9.17) is 4.42 Å². The Kier molecular flexibility index (Phi) is 10.7. The van der Waals surface area contributed by atoms with Gasteiger partial charge in [0.25, 0.3) is 0 Å². The van der Waals surface area contributed by atoms with Gasteiger partial charge in [-0.1, -0.05) is 237 Å². The summed E-state index contributed by atoms with van der Waals surface area (Å²) in [4.78, 5) is 2.39. The van der Waals surface area contributed by atoms with Gasteiger partial charge >= 0.3 is 0 Å². The minimum Gasteiger partial charge on any atom is -0.453 e. The third kappa shape index (κ3) is 7.32. The zero-order valence-corrected chi connectivity index (χ0v) is 45.9. The van der Waals surface area contributed by atoms with Crippen LogP contribution < -0.4 is 4.90 Å². The van der Waals surface area contributed by atoms with Crippen LogP contribution in [-0.4, -0.2) is 0 Å². The number of benzene rings is 14. The number of hydrogen-bond donors (Lipinski definition) is 0. The van der Waals surface area contributed by atoms with Crippen LogP contribution in [0.3, 0.4) is 0 Å². The maximum Gasteiger partial charge on any atom is 0.159 e. The summed E-state index contributed by atoms with van der Waals surface area (Å²) in [6.45, 7) is 0. The molecule has 0 N–H and O–H groups in total. The van der Waals surface area contributed by atoms with Gasteiger partial charge in [0.05, 0.1) is 5.69 Å². The molecule has 0 aliphatic rings. The number of hydrogen-bond acceptors (Lipinski definition) is 4. The monoisotopic (exact) mass is 1080 g/mol. The summed E-state index contributed by atoms with van der Waals surface area (Å²) < 4.78 is 12.6. The molecule has 0 radical (unpaired) electrons. The molecule has 382 valence electrons. The van der Waals surface area contributed by atoms with Crippen LogP contribution in [0.1, 0.15) is 0 Å². The minimum absolute atomic E-state index is 0.840. The van der Waals surface area contributed by atoms with E-state index < -0.39 is 0 Å². The van der Waals surface area contributed by atoms with Crippen molar-refractivity contribution in [2.75, 3.05) is 4.90 Å². The molecule has 0 amide bonds. The zero-order valence-electron chi connectivity index (χ0n) is 44.3. The molecule has 14 aromatic carbocycles. The second-order valence-corrected chi connectivity index (χ2v) is 23.4. The standard InChI is InChI=1S/C78H47NOS2/c1-4-19-48(20-5-1)66-45-53-25-10-13-28-58(53)70-63-33-18-36-69(73(63)80-74(66)70)79(56-41-37-51(38-42-56)61-31-16-34-64-71-59-29-14-11-26-54(59)46-67(77(71)81-75(61)64)49-21-6-2-7-22-49)57-43-39-52(40-44-57)62-32-17-35-65-72-60-30-15-12-27-55(60)47-68(78(72)82-76(62)65)50-23-8-3-9-24-50/h1-47H. The van der Waals surface area contributed by atoms with Crippen molar-refractivity contribution in [1.82, 2.24) is 0 Å². The van der Waals surface area contributed by atoms with E-state index in [2.05, 4.69) is 290 Å². The second kappa shape index (κ2) is 18.8. The van der Waals surface area contributed by atoms with E-state index in [1.54, 1.807) is 0 Å². The van der Waals surface area contributed by atoms with Gasteiger partial charge in [-0.05, 0) is 120 Å². The van der Waals surface area contributed by atoms with Crippen LogP contribution >= 0.6 is 22.7 Å². The maximum atomic E-state index is 7.35. The highest BCUT2D eigenvalue weighted by molar-refractivity contribution is 7.27. The molecule has 82 heavy (non-hydrogen) atoms. The molecule has 0 spiro atoms. The van der Waals surface area contributed by atoms with Gasteiger partial charge in [0.2, 0.25) is 0 Å². The largest absolute Gasteiger partial charge is 0.453 e. The molecule has 0 fully saturated rings.